The first kappa shape index (κ1) is 11.0. The second kappa shape index (κ2) is 4.15. The molecule has 0 aliphatic heterocycles. The fraction of sp³-hybridized carbons (Fsp3) is 0.667. The van der Waals surface area contributed by atoms with E-state index >= 15 is 0 Å². The first-order chi connectivity index (χ1) is 5.40. The summed E-state index contributed by atoms with van der Waals surface area (Å²) in [6.07, 6.45) is -3.44. The summed E-state index contributed by atoms with van der Waals surface area (Å²) in [6, 6.07) is 0. The molecule has 0 fully saturated rings. The average molecular weight is 183 g/mol. The first-order valence-electron chi connectivity index (χ1n) is 2.65. The third-order valence-electron chi connectivity index (χ3n) is 0.734. The molecule has 0 aromatic carbocycles. The van der Waals surface area contributed by atoms with Gasteiger partial charge in [-0.2, -0.15) is 10.1 Å². The molecular weight excluding hydrogens is 174 g/mol. The summed E-state index contributed by atoms with van der Waals surface area (Å²) in [5.74, 6) is -0.940. The SMILES string of the molecule is OCN(O)/C(=N\C(O)(O)O)NO. The number of nitrogens with zero attached hydrogens (tertiary/aromatic N) is 2. The van der Waals surface area contributed by atoms with E-state index in [0.29, 0.717) is 0 Å². The Hall–Kier alpha value is -0.970. The Kier molecular flexibility index (Phi) is 3.82. The van der Waals surface area contributed by atoms with Crippen LogP contribution in [0.25, 0.3) is 0 Å². The molecule has 0 unspecified atom stereocenters. The van der Waals surface area contributed by atoms with Gasteiger partial charge in [-0.25, -0.2) is 5.48 Å². The van der Waals surface area contributed by atoms with E-state index < -0.39 is 18.8 Å². The molecule has 9 nitrogen and oxygen atoms in total. The Morgan fingerprint density at radius 3 is 2.17 bits per heavy atom. The minimum atomic E-state index is -3.44. The van der Waals surface area contributed by atoms with Gasteiger partial charge >= 0.3 is 6.10 Å². The monoisotopic (exact) mass is 183 g/mol. The Morgan fingerprint density at radius 2 is 1.92 bits per heavy atom. The molecule has 9 heteroatoms. The molecule has 72 valence electrons. The Morgan fingerprint density at radius 1 is 1.42 bits per heavy atom. The molecular formula is C3H9N3O6. The number of nitrogens with one attached hydrogen (secondary N) is 1. The molecule has 0 saturated carbocycles. The van der Waals surface area contributed by atoms with Crippen LogP contribution in [0.15, 0.2) is 4.99 Å². The topological polar surface area (TPSA) is 149 Å². The lowest BCUT2D eigenvalue weighted by atomic mass is 10.8. The molecule has 0 aliphatic rings. The zero-order valence-electron chi connectivity index (χ0n) is 5.78. The number of hydroxylamine groups is 3. The van der Waals surface area contributed by atoms with Crippen molar-refractivity contribution in [2.45, 2.75) is 6.10 Å². The van der Waals surface area contributed by atoms with Gasteiger partial charge in [-0.05, 0) is 0 Å². The van der Waals surface area contributed by atoms with Crippen LogP contribution >= 0.6 is 0 Å². The van der Waals surface area contributed by atoms with Crippen molar-refractivity contribution in [2.75, 3.05) is 6.73 Å². The third-order valence-corrected chi connectivity index (χ3v) is 0.734. The van der Waals surface area contributed by atoms with Gasteiger partial charge in [-0.3, -0.25) is 10.4 Å². The van der Waals surface area contributed by atoms with Gasteiger partial charge in [0.1, 0.15) is 6.73 Å². The van der Waals surface area contributed by atoms with Gasteiger partial charge in [0.05, 0.1) is 0 Å². The van der Waals surface area contributed by atoms with Crippen LogP contribution in [0.3, 0.4) is 0 Å². The summed E-state index contributed by atoms with van der Waals surface area (Å²) in [5.41, 5.74) is 1.20. The summed E-state index contributed by atoms with van der Waals surface area (Å²) < 4.78 is 0. The zero-order chi connectivity index (χ0) is 9.78. The van der Waals surface area contributed by atoms with Crippen LogP contribution in [-0.2, 0) is 0 Å². The molecule has 0 atom stereocenters. The molecule has 0 heterocycles. The highest BCUT2D eigenvalue weighted by Gasteiger charge is 2.20. The molecule has 0 aliphatic carbocycles. The highest BCUT2D eigenvalue weighted by molar-refractivity contribution is 5.77. The molecule has 0 rings (SSSR count). The molecule has 12 heavy (non-hydrogen) atoms. The van der Waals surface area contributed by atoms with Gasteiger partial charge in [-0.1, -0.05) is 0 Å². The number of aliphatic hydroxyl groups is 4. The summed E-state index contributed by atoms with van der Waals surface area (Å²) in [6.45, 7) is -0.970. The van der Waals surface area contributed by atoms with Crippen LogP contribution in [0.4, 0.5) is 0 Å². The van der Waals surface area contributed by atoms with Crippen LogP contribution in [0.1, 0.15) is 0 Å². The van der Waals surface area contributed by atoms with Gasteiger partial charge in [0.15, 0.2) is 0 Å². The zero-order valence-corrected chi connectivity index (χ0v) is 5.78. The van der Waals surface area contributed by atoms with E-state index in [9.17, 15) is 0 Å². The van der Waals surface area contributed by atoms with E-state index in [-0.39, 0.29) is 5.06 Å². The molecule has 0 amide bonds. The summed E-state index contributed by atoms with van der Waals surface area (Å²) in [5, 5.41) is 49.5. The summed E-state index contributed by atoms with van der Waals surface area (Å²) >= 11 is 0. The van der Waals surface area contributed by atoms with Gasteiger partial charge < -0.3 is 20.4 Å². The minimum Gasteiger partial charge on any atom is -0.374 e. The Balaban J connectivity index is 4.43. The van der Waals surface area contributed by atoms with Crippen molar-refractivity contribution in [3.63, 3.8) is 0 Å². The molecule has 0 saturated heterocycles. The minimum absolute atomic E-state index is 0.0859. The van der Waals surface area contributed by atoms with Crippen molar-refractivity contribution < 1.29 is 30.8 Å². The maximum atomic E-state index is 8.58. The molecule has 0 radical (unpaired) electrons. The number of hydrogen-bond donors (Lipinski definition) is 7. The van der Waals surface area contributed by atoms with Crippen LogP contribution in [0, 0.1) is 0 Å². The Labute approximate surface area is 66.3 Å². The summed E-state index contributed by atoms with van der Waals surface area (Å²) in [4.78, 5) is 2.54. The largest absolute Gasteiger partial charge is 0.390 e. The van der Waals surface area contributed by atoms with Crippen molar-refractivity contribution in [2.24, 2.45) is 4.99 Å². The van der Waals surface area contributed by atoms with E-state index in [1.54, 1.807) is 0 Å². The molecule has 7 N–H and O–H groups in total. The van der Waals surface area contributed by atoms with E-state index in [2.05, 4.69) is 4.99 Å². The van der Waals surface area contributed by atoms with Gasteiger partial charge in [0, 0.05) is 0 Å². The van der Waals surface area contributed by atoms with Gasteiger partial charge in [-0.15, -0.1) is 0 Å². The number of aliphatic imine (C=N–C) groups is 1. The smallest absolute Gasteiger partial charge is 0.374 e. The van der Waals surface area contributed by atoms with E-state index in [1.165, 1.54) is 5.48 Å². The lowest BCUT2D eigenvalue weighted by Gasteiger charge is -2.16. The molecule has 0 aromatic heterocycles. The van der Waals surface area contributed by atoms with Crippen molar-refractivity contribution in [1.82, 2.24) is 10.5 Å². The number of guanidine groups is 1. The second-order valence-corrected chi connectivity index (χ2v) is 1.69. The maximum absolute atomic E-state index is 8.58. The molecule has 0 spiro atoms. The number of hydrogen-bond acceptors (Lipinski definition) is 7. The van der Waals surface area contributed by atoms with E-state index in [1.807, 2.05) is 0 Å². The summed E-state index contributed by atoms with van der Waals surface area (Å²) in [7, 11) is 0. The lowest BCUT2D eigenvalue weighted by molar-refractivity contribution is -0.305. The average Bonchev–Trinajstić information content (AvgIpc) is 1.97. The predicted octanol–water partition coefficient (Wildman–Crippen LogP) is -3.45. The normalized spacial score (nSPS) is 13.0. The van der Waals surface area contributed by atoms with Gasteiger partial charge in [0.2, 0.25) is 0 Å². The van der Waals surface area contributed by atoms with Crippen molar-refractivity contribution in [3.8, 4) is 0 Å². The molecule has 0 aromatic rings. The van der Waals surface area contributed by atoms with Crippen molar-refractivity contribution in [3.05, 3.63) is 0 Å². The third kappa shape index (κ3) is 4.02. The van der Waals surface area contributed by atoms with Crippen molar-refractivity contribution in [1.29, 1.82) is 0 Å². The first-order valence-corrected chi connectivity index (χ1v) is 2.65. The fourth-order valence-electron chi connectivity index (χ4n) is 0.349. The van der Waals surface area contributed by atoms with Crippen LogP contribution in [0.2, 0.25) is 0 Å². The highest BCUT2D eigenvalue weighted by atomic mass is 16.7. The lowest BCUT2D eigenvalue weighted by Crippen LogP contribution is -2.41. The van der Waals surface area contributed by atoms with Crippen LogP contribution < -0.4 is 5.48 Å². The van der Waals surface area contributed by atoms with Crippen LogP contribution in [0.5, 0.6) is 0 Å². The number of rotatable bonds is 2. The van der Waals surface area contributed by atoms with Crippen LogP contribution in [-0.4, -0.2) is 54.7 Å². The fourth-order valence-corrected chi connectivity index (χ4v) is 0.349. The standard InChI is InChI=1S/C3H9N3O6/c7-1-6(12)2(5-11)4-3(8,9)10/h7-12H,1H2,(H,4,5). The maximum Gasteiger partial charge on any atom is 0.390 e. The van der Waals surface area contributed by atoms with E-state index in [0.717, 1.165) is 0 Å². The Bertz CT molecular complexity index is 164. The predicted molar refractivity (Wildman–Crippen MR) is 32.5 cm³/mol. The quantitative estimate of drug-likeness (QED) is 0.101. The highest BCUT2D eigenvalue weighted by Crippen LogP contribution is 1.95. The van der Waals surface area contributed by atoms with Gasteiger partial charge in [0.25, 0.3) is 5.96 Å². The van der Waals surface area contributed by atoms with E-state index in [4.69, 9.17) is 30.8 Å². The van der Waals surface area contributed by atoms with Crippen molar-refractivity contribution >= 4 is 5.96 Å². The second-order valence-electron chi connectivity index (χ2n) is 1.69. The molecule has 0 bridgehead atoms. The number of aliphatic hydroxyl groups excluding tert-OH is 1.